The summed E-state index contributed by atoms with van der Waals surface area (Å²) in [5, 5.41) is 45.8. The van der Waals surface area contributed by atoms with E-state index in [1.54, 1.807) is 65.6 Å². The molecule has 6 atom stereocenters. The van der Waals surface area contributed by atoms with Crippen LogP contribution in [0.5, 0.6) is 11.5 Å². The number of aliphatic hydroxyl groups is 2. The van der Waals surface area contributed by atoms with Crippen LogP contribution in [0.3, 0.4) is 0 Å². The highest BCUT2D eigenvalue weighted by Crippen LogP contribution is 2.62. The van der Waals surface area contributed by atoms with Crippen LogP contribution in [-0.4, -0.2) is 69.9 Å². The van der Waals surface area contributed by atoms with Crippen LogP contribution in [0, 0.1) is 45.0 Å². The minimum Gasteiger partial charge on any atom is -0.490 e. The third kappa shape index (κ3) is 10.4. The predicted molar refractivity (Wildman–Crippen MR) is 246 cm³/mol. The maximum Gasteiger partial charge on any atom is 0.269 e. The molecule has 2 aliphatic carbocycles. The highest BCUT2D eigenvalue weighted by molar-refractivity contribution is 6.03. The van der Waals surface area contributed by atoms with Gasteiger partial charge in [0.25, 0.3) is 11.6 Å². The lowest BCUT2D eigenvalue weighted by molar-refractivity contribution is -0.384. The van der Waals surface area contributed by atoms with Crippen LogP contribution in [0.1, 0.15) is 83.5 Å². The number of nitro benzene ring substituents is 1. The predicted octanol–water partition coefficient (Wildman–Crippen LogP) is 9.35. The lowest BCUT2D eigenvalue weighted by Gasteiger charge is -2.60. The van der Waals surface area contributed by atoms with Crippen molar-refractivity contribution < 1.29 is 43.4 Å². The van der Waals surface area contributed by atoms with E-state index in [0.29, 0.717) is 52.3 Å². The van der Waals surface area contributed by atoms with E-state index in [4.69, 9.17) is 24.2 Å². The first-order valence-corrected chi connectivity index (χ1v) is 22.4. The molecular weight excluding hydrogens is 844 g/mol. The van der Waals surface area contributed by atoms with E-state index in [2.05, 4.69) is 25.3 Å². The zero-order chi connectivity index (χ0) is 46.6. The van der Waals surface area contributed by atoms with E-state index in [1.807, 2.05) is 18.2 Å². The van der Waals surface area contributed by atoms with Crippen molar-refractivity contribution in [2.24, 2.45) is 22.9 Å². The molecule has 14 heteroatoms. The van der Waals surface area contributed by atoms with Gasteiger partial charge in [0.15, 0.2) is 0 Å². The number of benzene rings is 4. The van der Waals surface area contributed by atoms with Gasteiger partial charge in [0.1, 0.15) is 36.6 Å². The number of amides is 1. The maximum absolute atomic E-state index is 15.3. The number of rotatable bonds is 22. The van der Waals surface area contributed by atoms with Gasteiger partial charge in [-0.3, -0.25) is 14.9 Å². The highest BCUT2D eigenvalue weighted by atomic mass is 19.1. The molecule has 3 aliphatic rings. The fourth-order valence-electron chi connectivity index (χ4n) is 9.76. The summed E-state index contributed by atoms with van der Waals surface area (Å²) in [7, 11) is 0. The second-order valence-corrected chi connectivity index (χ2v) is 16.8. The molecule has 0 spiro atoms. The van der Waals surface area contributed by atoms with Gasteiger partial charge in [-0.15, -0.1) is 6.58 Å². The Bertz CT molecular complexity index is 2450. The number of aliphatic hydroxyl groups excluding tert-OH is 2. The third-order valence-electron chi connectivity index (χ3n) is 12.7. The van der Waals surface area contributed by atoms with Crippen LogP contribution in [0.4, 0.5) is 10.1 Å². The van der Waals surface area contributed by atoms with Crippen molar-refractivity contribution in [3.63, 3.8) is 0 Å². The number of allylic oxidation sites excluding steroid dienone is 1. The summed E-state index contributed by atoms with van der Waals surface area (Å²) in [6.45, 7) is 8.23. The van der Waals surface area contributed by atoms with Gasteiger partial charge in [-0.2, -0.15) is 5.26 Å². The quantitative estimate of drug-likeness (QED) is 0.0334. The first-order valence-electron chi connectivity index (χ1n) is 22.4. The molecule has 0 unspecified atom stereocenters. The summed E-state index contributed by atoms with van der Waals surface area (Å²) in [6.07, 6.45) is 9.76. The normalized spacial score (nSPS) is 22.1. The molecule has 1 fully saturated rings. The lowest BCUT2D eigenvalue weighted by Crippen LogP contribution is -2.70. The van der Waals surface area contributed by atoms with Crippen molar-refractivity contribution >= 4 is 17.3 Å². The lowest BCUT2D eigenvalue weighted by atomic mass is 9.55. The fraction of sp³-hybridized carbons (Fsp3) is 0.365. The standard InChI is InChI=1S/C52H55FN4O9/c1-3-27-63-42-23-24-47-45(30-42)49-43(10-6-8-26-59)39(9-5-7-25-58)29-44-46(55-65-34-37-15-21-41(22-16-37)57(61)62)31-48(52(66-47,50(44)49)64-28-4-2)56(33-36-13-19-40(53)20-14-36)51(60)38-17-11-35(32-54)12-18-38/h3-4,11-24,29-30,39,43,48-50,58-59H,1-2,5-10,25-28,31,33-34H2/t39-,43+,48-,49+,50+,52+/m0/s1. The first-order chi connectivity index (χ1) is 32.1. The molecule has 1 amide bonds. The number of hydrogen-bond acceptors (Lipinski definition) is 11. The monoisotopic (exact) mass is 898 g/mol. The van der Waals surface area contributed by atoms with Crippen molar-refractivity contribution in [2.75, 3.05) is 26.4 Å². The zero-order valence-corrected chi connectivity index (χ0v) is 36.8. The molecule has 1 heterocycles. The molecule has 0 bridgehead atoms. The van der Waals surface area contributed by atoms with Crippen LogP contribution in [0.15, 0.2) is 133 Å². The van der Waals surface area contributed by atoms with Gasteiger partial charge in [0.2, 0.25) is 5.79 Å². The topological polar surface area (TPSA) is 177 Å². The van der Waals surface area contributed by atoms with Crippen molar-refractivity contribution in [2.45, 2.75) is 75.8 Å². The molecule has 0 saturated heterocycles. The van der Waals surface area contributed by atoms with Gasteiger partial charge in [-0.05, 0) is 121 Å². The Kier molecular flexibility index (Phi) is 15.8. The molecule has 7 rings (SSSR count). The average molecular weight is 899 g/mol. The largest absolute Gasteiger partial charge is 0.490 e. The number of carbonyl (C=O) groups excluding carboxylic acids is 1. The van der Waals surface area contributed by atoms with E-state index in [9.17, 15) is 30.0 Å². The molecule has 0 aromatic heterocycles. The highest BCUT2D eigenvalue weighted by Gasteiger charge is 2.65. The van der Waals surface area contributed by atoms with Crippen LogP contribution < -0.4 is 9.47 Å². The van der Waals surface area contributed by atoms with Gasteiger partial charge in [-0.1, -0.05) is 54.9 Å². The number of nitro groups is 1. The minimum absolute atomic E-state index is 0.00457. The summed E-state index contributed by atoms with van der Waals surface area (Å²) in [5.74, 6) is -2.30. The molecule has 2 N–H and O–H groups in total. The van der Waals surface area contributed by atoms with E-state index < -0.39 is 34.4 Å². The van der Waals surface area contributed by atoms with Crippen molar-refractivity contribution in [1.29, 1.82) is 5.26 Å². The molecule has 1 saturated carbocycles. The van der Waals surface area contributed by atoms with Gasteiger partial charge in [0, 0.05) is 55.4 Å². The van der Waals surface area contributed by atoms with Crippen LogP contribution in [0.25, 0.3) is 0 Å². The van der Waals surface area contributed by atoms with Crippen LogP contribution in [-0.2, 0) is 22.7 Å². The van der Waals surface area contributed by atoms with Crippen molar-refractivity contribution in [3.05, 3.63) is 172 Å². The molecule has 1 aliphatic heterocycles. The Morgan fingerprint density at radius 1 is 0.955 bits per heavy atom. The minimum atomic E-state index is -1.59. The van der Waals surface area contributed by atoms with E-state index >= 15 is 4.79 Å². The average Bonchev–Trinajstić information content (AvgIpc) is 3.33. The van der Waals surface area contributed by atoms with Crippen LogP contribution in [0.2, 0.25) is 0 Å². The molecule has 4 aromatic rings. The number of halogens is 1. The van der Waals surface area contributed by atoms with Gasteiger partial charge in [-0.25, -0.2) is 4.39 Å². The first kappa shape index (κ1) is 47.3. The number of carbonyl (C=O) groups is 1. The summed E-state index contributed by atoms with van der Waals surface area (Å²) in [4.78, 5) is 34.1. The Hall–Kier alpha value is -6.66. The third-order valence-corrected chi connectivity index (χ3v) is 12.7. The van der Waals surface area contributed by atoms with E-state index in [0.717, 1.165) is 36.8 Å². The second kappa shape index (κ2) is 22.0. The maximum atomic E-state index is 15.3. The van der Waals surface area contributed by atoms with Gasteiger partial charge in [0.05, 0.1) is 34.8 Å². The smallest absolute Gasteiger partial charge is 0.269 e. The summed E-state index contributed by atoms with van der Waals surface area (Å²) < 4.78 is 35.0. The molecule has 13 nitrogen and oxygen atoms in total. The number of fused-ring (bicyclic) bond motifs is 2. The van der Waals surface area contributed by atoms with Crippen molar-refractivity contribution in [1.82, 2.24) is 4.90 Å². The van der Waals surface area contributed by atoms with Crippen LogP contribution >= 0.6 is 0 Å². The molecule has 66 heavy (non-hydrogen) atoms. The summed E-state index contributed by atoms with van der Waals surface area (Å²) in [6, 6.07) is 25.2. The Morgan fingerprint density at radius 3 is 2.32 bits per heavy atom. The molecule has 0 radical (unpaired) electrons. The van der Waals surface area contributed by atoms with Gasteiger partial charge >= 0.3 is 0 Å². The van der Waals surface area contributed by atoms with Gasteiger partial charge < -0.3 is 34.2 Å². The second-order valence-electron chi connectivity index (χ2n) is 16.8. The Balaban J connectivity index is 1.47. The summed E-state index contributed by atoms with van der Waals surface area (Å²) >= 11 is 0. The molecule has 4 aromatic carbocycles. The summed E-state index contributed by atoms with van der Waals surface area (Å²) in [5.41, 5.74) is 4.14. The fourth-order valence-corrected chi connectivity index (χ4v) is 9.76. The van der Waals surface area contributed by atoms with E-state index in [-0.39, 0.29) is 69.4 Å². The number of oxime groups is 1. The number of unbranched alkanes of at least 4 members (excludes halogenated alkanes) is 2. The molecular formula is C52H55FN4O9. The number of ether oxygens (including phenoxy) is 3. The Morgan fingerprint density at radius 2 is 1.65 bits per heavy atom. The number of hydrogen-bond donors (Lipinski definition) is 2. The number of nitrogens with zero attached hydrogens (tertiary/aromatic N) is 4. The Labute approximate surface area is 384 Å². The van der Waals surface area contributed by atoms with Crippen molar-refractivity contribution in [3.8, 4) is 17.6 Å². The number of non-ortho nitro benzene ring substituents is 1. The number of nitriles is 1. The molecule has 344 valence electrons. The zero-order valence-electron chi connectivity index (χ0n) is 36.8. The van der Waals surface area contributed by atoms with E-state index in [1.165, 1.54) is 24.3 Å². The SMILES string of the molecule is C=CCOc1ccc2c(c1)[C@H]1[C@H](CCCCO)[C@@H](CCCCO)C=C3C(=NOCc4ccc([N+](=O)[O-])cc4)C[C@H](N(Cc4ccc(F)cc4)C(=O)c4ccc(C#N)cc4)[C@@](OCC=C)(O2)[C@H]31.